The molecule has 7 heteroatoms. The van der Waals surface area contributed by atoms with Crippen molar-refractivity contribution in [3.8, 4) is 0 Å². The van der Waals surface area contributed by atoms with E-state index in [1.165, 1.54) is 11.3 Å². The first-order chi connectivity index (χ1) is 9.99. The quantitative estimate of drug-likeness (QED) is 0.810. The number of hydrogen-bond acceptors (Lipinski definition) is 5. The van der Waals surface area contributed by atoms with Crippen molar-refractivity contribution in [3.63, 3.8) is 0 Å². The Hall–Kier alpha value is -0.600. The average molecular weight is 345 g/mol. The van der Waals surface area contributed by atoms with E-state index in [0.29, 0.717) is 9.77 Å². The van der Waals surface area contributed by atoms with Gasteiger partial charge in [0, 0.05) is 27.5 Å². The fourth-order valence-corrected chi connectivity index (χ4v) is 5.88. The monoisotopic (exact) mass is 344 g/mol. The molecule has 1 atom stereocenters. The van der Waals surface area contributed by atoms with Crippen molar-refractivity contribution < 1.29 is 8.42 Å². The van der Waals surface area contributed by atoms with Crippen LogP contribution in [0.5, 0.6) is 0 Å². The zero-order valence-corrected chi connectivity index (χ0v) is 14.6. The van der Waals surface area contributed by atoms with E-state index in [9.17, 15) is 8.42 Å². The zero-order chi connectivity index (χ0) is 15.5. The molecule has 0 radical (unpaired) electrons. The average Bonchev–Trinajstić information content (AvgIpc) is 2.83. The van der Waals surface area contributed by atoms with E-state index >= 15 is 0 Å². The predicted molar refractivity (Wildman–Crippen MR) is 92.5 cm³/mol. The third-order valence-electron chi connectivity index (χ3n) is 3.18. The van der Waals surface area contributed by atoms with Gasteiger partial charge in [-0.15, -0.1) is 11.3 Å². The molecule has 21 heavy (non-hydrogen) atoms. The molecule has 0 aliphatic rings. The summed E-state index contributed by atoms with van der Waals surface area (Å²) < 4.78 is 29.1. The summed E-state index contributed by atoms with van der Waals surface area (Å²) in [5.41, 5.74) is 5.74. The Morgan fingerprint density at radius 2 is 2.10 bits per heavy atom. The van der Waals surface area contributed by atoms with Crippen molar-refractivity contribution in [1.29, 1.82) is 0 Å². The van der Waals surface area contributed by atoms with Crippen molar-refractivity contribution in [3.05, 3.63) is 29.1 Å². The van der Waals surface area contributed by atoms with E-state index in [4.69, 9.17) is 5.73 Å². The predicted octanol–water partition coefficient (Wildman–Crippen LogP) is 2.78. The van der Waals surface area contributed by atoms with Crippen LogP contribution >= 0.6 is 23.1 Å². The highest BCUT2D eigenvalue weighted by atomic mass is 32.2. The molecule has 0 spiro atoms. The van der Waals surface area contributed by atoms with Crippen LogP contribution in [-0.2, 0) is 16.6 Å². The van der Waals surface area contributed by atoms with Gasteiger partial charge in [-0.05, 0) is 31.4 Å². The third kappa shape index (κ3) is 3.78. The summed E-state index contributed by atoms with van der Waals surface area (Å²) in [5, 5.41) is 0.757. The van der Waals surface area contributed by atoms with E-state index in [-0.39, 0.29) is 12.6 Å². The van der Waals surface area contributed by atoms with Gasteiger partial charge in [0.05, 0.1) is 0 Å². The second-order valence-electron chi connectivity index (χ2n) is 4.86. The van der Waals surface area contributed by atoms with Crippen molar-refractivity contribution in [2.75, 3.05) is 12.0 Å². The lowest BCUT2D eigenvalue weighted by atomic mass is 10.2. The summed E-state index contributed by atoms with van der Waals surface area (Å²) in [6.45, 7) is 2.12. The topological polar surface area (TPSA) is 72.2 Å². The Bertz CT molecular complexity index is 710. The van der Waals surface area contributed by atoms with Gasteiger partial charge in [-0.3, -0.25) is 0 Å². The molecule has 0 saturated carbocycles. The number of hydrogen-bond donors (Lipinski definition) is 2. The van der Waals surface area contributed by atoms with Crippen molar-refractivity contribution in [2.24, 2.45) is 5.73 Å². The van der Waals surface area contributed by atoms with Crippen LogP contribution in [0, 0.1) is 0 Å². The lowest BCUT2D eigenvalue weighted by molar-refractivity contribution is 0.557. The molecule has 116 valence electrons. The molecule has 1 aromatic heterocycles. The van der Waals surface area contributed by atoms with Crippen LogP contribution in [0.2, 0.25) is 0 Å². The van der Waals surface area contributed by atoms with Crippen molar-refractivity contribution >= 4 is 43.2 Å². The van der Waals surface area contributed by atoms with Gasteiger partial charge < -0.3 is 5.73 Å². The number of thioether (sulfide) groups is 1. The Morgan fingerprint density at radius 1 is 1.38 bits per heavy atom. The molecule has 1 aromatic carbocycles. The minimum Gasteiger partial charge on any atom is -0.326 e. The molecule has 4 nitrogen and oxygen atoms in total. The first-order valence-corrected chi connectivity index (χ1v) is 10.4. The summed E-state index contributed by atoms with van der Waals surface area (Å²) in [6, 6.07) is 7.43. The Labute approximate surface area is 134 Å². The standard InChI is InChI=1S/C14H20N2O2S3/c1-10(7-8-19-2)16-21(17,18)14-11-5-3-4-6-12(11)20-13(14)9-15/h3-6,10,16H,7-9,15H2,1-2H3. The van der Waals surface area contributed by atoms with Gasteiger partial charge in [0.25, 0.3) is 0 Å². The van der Waals surface area contributed by atoms with Gasteiger partial charge >= 0.3 is 0 Å². The maximum Gasteiger partial charge on any atom is 0.242 e. The molecule has 2 rings (SSSR count). The number of sulfonamides is 1. The van der Waals surface area contributed by atoms with Gasteiger partial charge in [-0.2, -0.15) is 11.8 Å². The second-order valence-corrected chi connectivity index (χ2v) is 8.63. The summed E-state index contributed by atoms with van der Waals surface area (Å²) in [7, 11) is -3.54. The first-order valence-electron chi connectivity index (χ1n) is 6.71. The van der Waals surface area contributed by atoms with Crippen LogP contribution in [0.15, 0.2) is 29.2 Å². The van der Waals surface area contributed by atoms with Crippen LogP contribution < -0.4 is 10.5 Å². The number of fused-ring (bicyclic) bond motifs is 1. The number of thiophene rings is 1. The van der Waals surface area contributed by atoms with Crippen LogP contribution in [0.3, 0.4) is 0 Å². The fraction of sp³-hybridized carbons (Fsp3) is 0.429. The lowest BCUT2D eigenvalue weighted by Gasteiger charge is -2.14. The highest BCUT2D eigenvalue weighted by molar-refractivity contribution is 7.98. The lowest BCUT2D eigenvalue weighted by Crippen LogP contribution is -2.33. The zero-order valence-electron chi connectivity index (χ0n) is 12.1. The highest BCUT2D eigenvalue weighted by Crippen LogP contribution is 2.34. The van der Waals surface area contributed by atoms with Gasteiger partial charge in [0.2, 0.25) is 10.0 Å². The summed E-state index contributed by atoms with van der Waals surface area (Å²) in [5.74, 6) is 0.928. The molecular formula is C14H20N2O2S3. The fourth-order valence-electron chi connectivity index (χ4n) is 2.18. The molecule has 0 fully saturated rings. The van der Waals surface area contributed by atoms with Crippen LogP contribution in [0.25, 0.3) is 10.1 Å². The minimum absolute atomic E-state index is 0.0910. The number of rotatable bonds is 7. The normalized spacial score (nSPS) is 13.7. The number of nitrogens with one attached hydrogen (secondary N) is 1. The second kappa shape index (κ2) is 7.11. The maximum absolute atomic E-state index is 12.7. The van der Waals surface area contributed by atoms with E-state index in [1.807, 2.05) is 37.4 Å². The Kier molecular flexibility index (Phi) is 5.67. The van der Waals surface area contributed by atoms with Gasteiger partial charge in [0.15, 0.2) is 0 Å². The molecule has 0 aliphatic carbocycles. The van der Waals surface area contributed by atoms with Gasteiger partial charge in [-0.25, -0.2) is 13.1 Å². The molecule has 0 bridgehead atoms. The van der Waals surface area contributed by atoms with Crippen LogP contribution in [0.4, 0.5) is 0 Å². The van der Waals surface area contributed by atoms with E-state index in [2.05, 4.69) is 4.72 Å². The molecule has 0 amide bonds. The van der Waals surface area contributed by atoms with Gasteiger partial charge in [-0.1, -0.05) is 18.2 Å². The van der Waals surface area contributed by atoms with E-state index in [0.717, 1.165) is 22.3 Å². The van der Waals surface area contributed by atoms with Crippen molar-refractivity contribution in [2.45, 2.75) is 30.8 Å². The smallest absolute Gasteiger partial charge is 0.242 e. The molecule has 1 heterocycles. The number of nitrogens with two attached hydrogens (primary N) is 1. The molecule has 0 aliphatic heterocycles. The summed E-state index contributed by atoms with van der Waals surface area (Å²) >= 11 is 3.16. The van der Waals surface area contributed by atoms with Gasteiger partial charge in [0.1, 0.15) is 4.90 Å². The Balaban J connectivity index is 2.39. The molecule has 0 saturated heterocycles. The van der Waals surface area contributed by atoms with Crippen LogP contribution in [-0.4, -0.2) is 26.5 Å². The summed E-state index contributed by atoms with van der Waals surface area (Å²) in [6.07, 6.45) is 2.82. The molecule has 2 aromatic rings. The Morgan fingerprint density at radius 3 is 2.76 bits per heavy atom. The molecule has 3 N–H and O–H groups in total. The van der Waals surface area contributed by atoms with Crippen molar-refractivity contribution in [1.82, 2.24) is 4.72 Å². The molecule has 1 unspecified atom stereocenters. The third-order valence-corrected chi connectivity index (χ3v) is 6.87. The largest absolute Gasteiger partial charge is 0.326 e. The molecular weight excluding hydrogens is 324 g/mol. The maximum atomic E-state index is 12.7. The van der Waals surface area contributed by atoms with Crippen LogP contribution in [0.1, 0.15) is 18.2 Å². The highest BCUT2D eigenvalue weighted by Gasteiger charge is 2.25. The summed E-state index contributed by atoms with van der Waals surface area (Å²) in [4.78, 5) is 1.06. The minimum atomic E-state index is -3.54. The van der Waals surface area contributed by atoms with E-state index in [1.54, 1.807) is 11.8 Å². The number of benzene rings is 1. The first kappa shape index (κ1) is 16.8. The van der Waals surface area contributed by atoms with E-state index < -0.39 is 10.0 Å². The SMILES string of the molecule is CSCCC(C)NS(=O)(=O)c1c(CN)sc2ccccc12.